The SMILES string of the molecule is CC1(C)CN(CC(=O)N2CCOC(c3ccc(F)cc3)C2)CCC1N. The van der Waals surface area contributed by atoms with Gasteiger partial charge in [0.05, 0.1) is 19.7 Å². The molecule has 0 radical (unpaired) electrons. The number of halogens is 1. The maximum atomic E-state index is 13.1. The molecule has 25 heavy (non-hydrogen) atoms. The molecule has 0 saturated carbocycles. The van der Waals surface area contributed by atoms with Gasteiger partial charge in [-0.05, 0) is 29.5 Å². The van der Waals surface area contributed by atoms with Crippen LogP contribution in [0.3, 0.4) is 0 Å². The fraction of sp³-hybridized carbons (Fsp3) is 0.632. The summed E-state index contributed by atoms with van der Waals surface area (Å²) in [7, 11) is 0. The molecule has 0 bridgehead atoms. The minimum absolute atomic E-state index is 0.0280. The molecule has 2 heterocycles. The first-order valence-electron chi connectivity index (χ1n) is 8.98. The van der Waals surface area contributed by atoms with Crippen LogP contribution in [0.25, 0.3) is 0 Å². The highest BCUT2D eigenvalue weighted by Crippen LogP contribution is 2.28. The van der Waals surface area contributed by atoms with Gasteiger partial charge in [0.15, 0.2) is 0 Å². The molecule has 3 rings (SSSR count). The molecule has 2 aliphatic rings. The number of morpholine rings is 1. The third-order valence-electron chi connectivity index (χ3n) is 5.41. The number of amides is 1. The van der Waals surface area contributed by atoms with Gasteiger partial charge in [0.2, 0.25) is 5.91 Å². The first kappa shape index (κ1) is 18.3. The molecule has 2 aliphatic heterocycles. The molecule has 0 aromatic heterocycles. The van der Waals surface area contributed by atoms with Gasteiger partial charge in [0.25, 0.3) is 0 Å². The third kappa shape index (κ3) is 4.37. The first-order valence-corrected chi connectivity index (χ1v) is 8.98. The Morgan fingerprint density at radius 2 is 2.04 bits per heavy atom. The molecular formula is C19H28FN3O2. The first-order chi connectivity index (χ1) is 11.8. The highest BCUT2D eigenvalue weighted by atomic mass is 19.1. The van der Waals surface area contributed by atoms with Gasteiger partial charge in [-0.2, -0.15) is 0 Å². The van der Waals surface area contributed by atoms with E-state index < -0.39 is 0 Å². The molecule has 2 saturated heterocycles. The fourth-order valence-electron chi connectivity index (χ4n) is 3.67. The second-order valence-electron chi connectivity index (χ2n) is 7.85. The number of nitrogens with zero attached hydrogens (tertiary/aromatic N) is 2. The summed E-state index contributed by atoms with van der Waals surface area (Å²) in [5, 5.41) is 0. The zero-order valence-electron chi connectivity index (χ0n) is 15.1. The summed E-state index contributed by atoms with van der Waals surface area (Å²) < 4.78 is 18.9. The number of ether oxygens (including phenoxy) is 1. The van der Waals surface area contributed by atoms with E-state index in [1.807, 2.05) is 4.90 Å². The lowest BCUT2D eigenvalue weighted by Gasteiger charge is -2.43. The minimum Gasteiger partial charge on any atom is -0.370 e. The van der Waals surface area contributed by atoms with E-state index in [1.54, 1.807) is 12.1 Å². The van der Waals surface area contributed by atoms with Crippen molar-refractivity contribution in [2.75, 3.05) is 39.3 Å². The summed E-state index contributed by atoms with van der Waals surface area (Å²) in [4.78, 5) is 16.8. The number of hydrogen-bond donors (Lipinski definition) is 1. The molecule has 1 amide bonds. The van der Waals surface area contributed by atoms with Crippen LogP contribution in [0.5, 0.6) is 0 Å². The van der Waals surface area contributed by atoms with Crippen molar-refractivity contribution in [2.24, 2.45) is 11.1 Å². The summed E-state index contributed by atoms with van der Waals surface area (Å²) in [6, 6.07) is 6.49. The van der Waals surface area contributed by atoms with Gasteiger partial charge in [-0.15, -0.1) is 0 Å². The maximum absolute atomic E-state index is 13.1. The van der Waals surface area contributed by atoms with Gasteiger partial charge in [-0.25, -0.2) is 4.39 Å². The number of likely N-dealkylation sites (tertiary alicyclic amines) is 1. The summed E-state index contributed by atoms with van der Waals surface area (Å²) in [5.41, 5.74) is 7.11. The van der Waals surface area contributed by atoms with Crippen LogP contribution in [0.1, 0.15) is 31.9 Å². The predicted octanol–water partition coefficient (Wildman–Crippen LogP) is 1.78. The van der Waals surface area contributed by atoms with E-state index in [2.05, 4.69) is 18.7 Å². The van der Waals surface area contributed by atoms with Crippen molar-refractivity contribution < 1.29 is 13.9 Å². The Hall–Kier alpha value is -1.50. The molecule has 0 aliphatic carbocycles. The second kappa shape index (κ2) is 7.40. The van der Waals surface area contributed by atoms with Gasteiger partial charge < -0.3 is 15.4 Å². The van der Waals surface area contributed by atoms with Crippen molar-refractivity contribution in [3.63, 3.8) is 0 Å². The third-order valence-corrected chi connectivity index (χ3v) is 5.41. The smallest absolute Gasteiger partial charge is 0.236 e. The zero-order chi connectivity index (χ0) is 18.0. The number of piperidine rings is 1. The molecule has 1 aromatic rings. The van der Waals surface area contributed by atoms with E-state index in [0.29, 0.717) is 26.2 Å². The van der Waals surface area contributed by atoms with Gasteiger partial charge in [-0.1, -0.05) is 26.0 Å². The standard InChI is InChI=1S/C19H28FN3O2/c1-19(2)13-22(8-7-17(19)21)12-18(24)23-9-10-25-16(11-23)14-3-5-15(20)6-4-14/h3-6,16-17H,7-13,21H2,1-2H3. The monoisotopic (exact) mass is 349 g/mol. The molecule has 1 aromatic carbocycles. The number of rotatable bonds is 3. The van der Waals surface area contributed by atoms with Crippen molar-refractivity contribution in [1.29, 1.82) is 0 Å². The Morgan fingerprint density at radius 1 is 1.32 bits per heavy atom. The molecule has 2 N–H and O–H groups in total. The van der Waals surface area contributed by atoms with Crippen LogP contribution in [-0.2, 0) is 9.53 Å². The van der Waals surface area contributed by atoms with E-state index in [9.17, 15) is 9.18 Å². The normalized spacial score (nSPS) is 27.3. The van der Waals surface area contributed by atoms with Gasteiger partial charge in [0.1, 0.15) is 11.9 Å². The lowest BCUT2D eigenvalue weighted by molar-refractivity contribution is -0.141. The summed E-state index contributed by atoms with van der Waals surface area (Å²) in [6.45, 7) is 8.07. The fourth-order valence-corrected chi connectivity index (χ4v) is 3.67. The van der Waals surface area contributed by atoms with Gasteiger partial charge in [-0.3, -0.25) is 9.69 Å². The number of carbonyl (C=O) groups is 1. The molecule has 6 heteroatoms. The zero-order valence-corrected chi connectivity index (χ0v) is 15.1. The Labute approximate surface area is 148 Å². The van der Waals surface area contributed by atoms with Crippen molar-refractivity contribution in [1.82, 2.24) is 9.80 Å². The average Bonchev–Trinajstić information content (AvgIpc) is 2.59. The van der Waals surface area contributed by atoms with E-state index >= 15 is 0 Å². The number of nitrogens with two attached hydrogens (primary N) is 1. The Bertz CT molecular complexity index is 605. The van der Waals surface area contributed by atoms with Crippen LogP contribution in [0.2, 0.25) is 0 Å². The summed E-state index contributed by atoms with van der Waals surface area (Å²) >= 11 is 0. The molecular weight excluding hydrogens is 321 g/mol. The van der Waals surface area contributed by atoms with Crippen LogP contribution in [0.15, 0.2) is 24.3 Å². The van der Waals surface area contributed by atoms with Crippen molar-refractivity contribution in [3.05, 3.63) is 35.6 Å². The van der Waals surface area contributed by atoms with Crippen LogP contribution in [-0.4, -0.2) is 61.1 Å². The minimum atomic E-state index is -0.265. The van der Waals surface area contributed by atoms with Crippen LogP contribution >= 0.6 is 0 Å². The van der Waals surface area contributed by atoms with E-state index in [0.717, 1.165) is 25.1 Å². The Morgan fingerprint density at radius 3 is 2.72 bits per heavy atom. The van der Waals surface area contributed by atoms with Crippen molar-refractivity contribution in [2.45, 2.75) is 32.4 Å². The highest BCUT2D eigenvalue weighted by Gasteiger charge is 2.35. The quantitative estimate of drug-likeness (QED) is 0.904. The topological polar surface area (TPSA) is 58.8 Å². The van der Waals surface area contributed by atoms with E-state index in [-0.39, 0.29) is 29.3 Å². The Balaban J connectivity index is 1.58. The molecule has 2 unspecified atom stereocenters. The molecule has 0 spiro atoms. The summed E-state index contributed by atoms with van der Waals surface area (Å²) in [6.07, 6.45) is 0.728. The van der Waals surface area contributed by atoms with Crippen LogP contribution in [0, 0.1) is 11.2 Å². The average molecular weight is 349 g/mol. The van der Waals surface area contributed by atoms with E-state index in [1.165, 1.54) is 12.1 Å². The van der Waals surface area contributed by atoms with Crippen LogP contribution < -0.4 is 5.73 Å². The molecule has 138 valence electrons. The Kier molecular flexibility index (Phi) is 5.41. The molecule has 5 nitrogen and oxygen atoms in total. The number of benzene rings is 1. The highest BCUT2D eigenvalue weighted by molar-refractivity contribution is 5.78. The number of carbonyl (C=O) groups excluding carboxylic acids is 1. The van der Waals surface area contributed by atoms with Crippen molar-refractivity contribution in [3.8, 4) is 0 Å². The lowest BCUT2D eigenvalue weighted by Crippen LogP contribution is -2.55. The van der Waals surface area contributed by atoms with E-state index in [4.69, 9.17) is 10.5 Å². The molecule has 2 atom stereocenters. The van der Waals surface area contributed by atoms with Gasteiger partial charge in [0, 0.05) is 25.7 Å². The predicted molar refractivity (Wildman–Crippen MR) is 94.5 cm³/mol. The maximum Gasteiger partial charge on any atom is 0.236 e. The largest absolute Gasteiger partial charge is 0.370 e. The van der Waals surface area contributed by atoms with Crippen LogP contribution in [0.4, 0.5) is 4.39 Å². The molecule has 2 fully saturated rings. The second-order valence-corrected chi connectivity index (χ2v) is 7.85. The summed E-state index contributed by atoms with van der Waals surface area (Å²) in [5.74, 6) is -0.139. The number of hydrogen-bond acceptors (Lipinski definition) is 4. The lowest BCUT2D eigenvalue weighted by atomic mass is 9.80. The van der Waals surface area contributed by atoms with Crippen molar-refractivity contribution >= 4 is 5.91 Å². The van der Waals surface area contributed by atoms with Gasteiger partial charge >= 0.3 is 0 Å².